The van der Waals surface area contributed by atoms with Crippen LogP contribution in [0.2, 0.25) is 19.6 Å². The van der Waals surface area contributed by atoms with Crippen LogP contribution in [-0.2, 0) is 4.43 Å². The van der Waals surface area contributed by atoms with Crippen molar-refractivity contribution in [1.29, 1.82) is 0 Å². The van der Waals surface area contributed by atoms with Gasteiger partial charge in [0.1, 0.15) is 0 Å². The number of rotatable bonds is 2. The van der Waals surface area contributed by atoms with Crippen LogP contribution >= 0.6 is 0 Å². The molecule has 0 amide bonds. The Kier molecular flexibility index (Phi) is 1.83. The predicted octanol–water partition coefficient (Wildman–Crippen LogP) is 3.15. The first-order chi connectivity index (χ1) is 5.53. The van der Waals surface area contributed by atoms with E-state index in [1.807, 2.05) is 0 Å². The summed E-state index contributed by atoms with van der Waals surface area (Å²) in [6, 6.07) is 0. The molecule has 12 heavy (non-hydrogen) atoms. The van der Waals surface area contributed by atoms with Gasteiger partial charge in [-0.05, 0) is 50.4 Å². The molecular weight excluding hydrogens is 164 g/mol. The van der Waals surface area contributed by atoms with Crippen molar-refractivity contribution in [3.05, 3.63) is 11.8 Å². The summed E-state index contributed by atoms with van der Waals surface area (Å²) in [5.41, 5.74) is 0. The molecule has 68 valence electrons. The molecule has 0 aromatic heterocycles. The van der Waals surface area contributed by atoms with E-state index in [4.69, 9.17) is 4.43 Å². The van der Waals surface area contributed by atoms with Gasteiger partial charge in [-0.3, -0.25) is 0 Å². The van der Waals surface area contributed by atoms with E-state index in [9.17, 15) is 0 Å². The minimum Gasteiger partial charge on any atom is -0.548 e. The lowest BCUT2D eigenvalue weighted by Gasteiger charge is -2.40. The van der Waals surface area contributed by atoms with Crippen molar-refractivity contribution >= 4 is 8.32 Å². The second-order valence-electron chi connectivity index (χ2n) is 5.15. The molecular formula is C10H18OSi. The van der Waals surface area contributed by atoms with Gasteiger partial charge in [-0.1, -0.05) is 0 Å². The van der Waals surface area contributed by atoms with Crippen LogP contribution < -0.4 is 0 Å². The fraction of sp³-hybridized carbons (Fsp3) is 0.800. The minimum atomic E-state index is -1.32. The molecule has 0 aliphatic heterocycles. The van der Waals surface area contributed by atoms with Crippen molar-refractivity contribution in [2.75, 3.05) is 0 Å². The van der Waals surface area contributed by atoms with Crippen LogP contribution in [0.15, 0.2) is 11.8 Å². The fourth-order valence-corrected chi connectivity index (χ4v) is 3.11. The molecule has 0 N–H and O–H groups in total. The van der Waals surface area contributed by atoms with E-state index in [1.54, 1.807) is 0 Å². The molecule has 2 heteroatoms. The Balaban J connectivity index is 1.97. The van der Waals surface area contributed by atoms with E-state index >= 15 is 0 Å². The van der Waals surface area contributed by atoms with Gasteiger partial charge in [-0.15, -0.1) is 0 Å². The van der Waals surface area contributed by atoms with Crippen LogP contribution in [0.3, 0.4) is 0 Å². The van der Waals surface area contributed by atoms with Crippen LogP contribution in [0.4, 0.5) is 0 Å². The first kappa shape index (κ1) is 8.36. The average Bonchev–Trinajstić information content (AvgIpc) is 1.80. The summed E-state index contributed by atoms with van der Waals surface area (Å²) >= 11 is 0. The van der Waals surface area contributed by atoms with Crippen molar-refractivity contribution < 1.29 is 4.43 Å². The molecule has 0 aromatic carbocycles. The van der Waals surface area contributed by atoms with E-state index < -0.39 is 8.32 Å². The third-order valence-electron chi connectivity index (χ3n) is 2.62. The summed E-state index contributed by atoms with van der Waals surface area (Å²) in [5, 5.41) is 0. The number of hydrogen-bond acceptors (Lipinski definition) is 1. The third kappa shape index (κ3) is 1.74. The minimum absolute atomic E-state index is 0.870. The van der Waals surface area contributed by atoms with E-state index in [1.165, 1.54) is 25.0 Å². The summed E-state index contributed by atoms with van der Waals surface area (Å²) in [4.78, 5) is 0. The van der Waals surface area contributed by atoms with Gasteiger partial charge in [-0.25, -0.2) is 0 Å². The lowest BCUT2D eigenvalue weighted by Crippen LogP contribution is -2.32. The molecule has 0 atom stereocenters. The zero-order chi connectivity index (χ0) is 8.77. The maximum atomic E-state index is 5.98. The van der Waals surface area contributed by atoms with Crippen LogP contribution in [0, 0.1) is 11.8 Å². The maximum absolute atomic E-state index is 5.98. The van der Waals surface area contributed by atoms with E-state index in [2.05, 4.69) is 25.7 Å². The lowest BCUT2D eigenvalue weighted by molar-refractivity contribution is 0.180. The monoisotopic (exact) mass is 182 g/mol. The highest BCUT2D eigenvalue weighted by atomic mass is 28.4. The molecule has 0 spiro atoms. The zero-order valence-electron chi connectivity index (χ0n) is 8.26. The van der Waals surface area contributed by atoms with Crippen LogP contribution in [-0.4, -0.2) is 8.32 Å². The summed E-state index contributed by atoms with van der Waals surface area (Å²) in [7, 11) is -1.32. The first-order valence-electron chi connectivity index (χ1n) is 4.93. The van der Waals surface area contributed by atoms with E-state index in [0.29, 0.717) is 0 Å². The van der Waals surface area contributed by atoms with Crippen molar-refractivity contribution in [1.82, 2.24) is 0 Å². The van der Waals surface area contributed by atoms with Crippen LogP contribution in [0.5, 0.6) is 0 Å². The molecule has 3 aliphatic carbocycles. The summed E-state index contributed by atoms with van der Waals surface area (Å²) < 4.78 is 5.98. The van der Waals surface area contributed by atoms with E-state index in [-0.39, 0.29) is 0 Å². The van der Waals surface area contributed by atoms with Gasteiger partial charge in [0.15, 0.2) is 0 Å². The Bertz CT molecular complexity index is 208. The standard InChI is InChI=1S/C10H18OSi/c1-12(2,3)11-10-6-8-4-9(5-8)7-10/h6,8-9H,4-5,7H2,1-3H3. The summed E-state index contributed by atoms with van der Waals surface area (Å²) in [6.07, 6.45) is 6.45. The molecule has 1 fully saturated rings. The summed E-state index contributed by atoms with van der Waals surface area (Å²) in [5.74, 6) is 3.14. The van der Waals surface area contributed by atoms with Gasteiger partial charge >= 0.3 is 0 Å². The highest BCUT2D eigenvalue weighted by Crippen LogP contribution is 2.44. The Morgan fingerprint density at radius 2 is 2.00 bits per heavy atom. The maximum Gasteiger partial charge on any atom is 0.241 e. The van der Waals surface area contributed by atoms with Gasteiger partial charge in [-0.2, -0.15) is 0 Å². The van der Waals surface area contributed by atoms with Gasteiger partial charge in [0, 0.05) is 6.42 Å². The normalized spacial score (nSPS) is 33.8. The topological polar surface area (TPSA) is 9.23 Å². The van der Waals surface area contributed by atoms with Gasteiger partial charge in [0.25, 0.3) is 0 Å². The van der Waals surface area contributed by atoms with Gasteiger partial charge in [0.05, 0.1) is 5.76 Å². The summed E-state index contributed by atoms with van der Waals surface area (Å²) in [6.45, 7) is 6.77. The second-order valence-corrected chi connectivity index (χ2v) is 9.58. The number of allylic oxidation sites excluding steroid dienone is 2. The molecule has 1 saturated carbocycles. The molecule has 1 nitrogen and oxygen atoms in total. The van der Waals surface area contributed by atoms with Crippen LogP contribution in [0.1, 0.15) is 19.3 Å². The highest BCUT2D eigenvalue weighted by molar-refractivity contribution is 6.70. The number of hydrogen-bond donors (Lipinski definition) is 0. The largest absolute Gasteiger partial charge is 0.548 e. The second kappa shape index (κ2) is 2.62. The van der Waals surface area contributed by atoms with Crippen molar-refractivity contribution in [3.8, 4) is 0 Å². The average molecular weight is 182 g/mol. The highest BCUT2D eigenvalue weighted by Gasteiger charge is 2.34. The molecule has 0 heterocycles. The molecule has 0 aromatic rings. The Morgan fingerprint density at radius 1 is 1.33 bits per heavy atom. The molecule has 3 rings (SSSR count). The first-order valence-corrected chi connectivity index (χ1v) is 8.33. The molecule has 0 unspecified atom stereocenters. The Labute approximate surface area is 75.9 Å². The fourth-order valence-electron chi connectivity index (χ4n) is 2.17. The molecule has 0 radical (unpaired) electrons. The third-order valence-corrected chi connectivity index (χ3v) is 3.50. The Hall–Kier alpha value is -0.243. The Morgan fingerprint density at radius 3 is 2.42 bits per heavy atom. The zero-order valence-corrected chi connectivity index (χ0v) is 9.26. The quantitative estimate of drug-likeness (QED) is 0.596. The molecule has 0 saturated heterocycles. The smallest absolute Gasteiger partial charge is 0.241 e. The van der Waals surface area contributed by atoms with E-state index in [0.717, 1.165) is 11.8 Å². The SMILES string of the molecule is C[Si](C)(C)OC1=CC2CC(C1)C2. The number of fused-ring (bicyclic) bond motifs is 1. The molecule has 2 bridgehead atoms. The molecule has 3 aliphatic rings. The van der Waals surface area contributed by atoms with Crippen molar-refractivity contribution in [2.24, 2.45) is 11.8 Å². The van der Waals surface area contributed by atoms with Crippen molar-refractivity contribution in [3.63, 3.8) is 0 Å². The van der Waals surface area contributed by atoms with Gasteiger partial charge in [0.2, 0.25) is 8.32 Å². The van der Waals surface area contributed by atoms with Crippen molar-refractivity contribution in [2.45, 2.75) is 38.9 Å². The van der Waals surface area contributed by atoms with Crippen LogP contribution in [0.25, 0.3) is 0 Å². The lowest BCUT2D eigenvalue weighted by atomic mass is 9.69. The van der Waals surface area contributed by atoms with Gasteiger partial charge < -0.3 is 4.43 Å². The predicted molar refractivity (Wildman–Crippen MR) is 53.3 cm³/mol.